The summed E-state index contributed by atoms with van der Waals surface area (Å²) in [5.41, 5.74) is 2.89. The Balaban J connectivity index is 2.05. The van der Waals surface area contributed by atoms with Gasteiger partial charge in [0.2, 0.25) is 0 Å². The zero-order valence-corrected chi connectivity index (χ0v) is 11.6. The van der Waals surface area contributed by atoms with E-state index in [0.717, 1.165) is 19.5 Å². The van der Waals surface area contributed by atoms with E-state index < -0.39 is 0 Å². The fraction of sp³-hybridized carbons (Fsp3) is 0.562. The second kappa shape index (κ2) is 5.12. The number of hydrogen-bond donors (Lipinski definition) is 0. The fourth-order valence-electron chi connectivity index (χ4n) is 2.92. The maximum atomic E-state index is 8.83. The van der Waals surface area contributed by atoms with Crippen molar-refractivity contribution in [2.24, 2.45) is 5.92 Å². The molecule has 2 heteroatoms. The van der Waals surface area contributed by atoms with Gasteiger partial charge in [-0.3, -0.25) is 4.90 Å². The Morgan fingerprint density at radius 3 is 2.61 bits per heavy atom. The molecule has 1 aromatic rings. The average molecular weight is 242 g/mol. The summed E-state index contributed by atoms with van der Waals surface area (Å²) in [5.74, 6) is 0.537. The van der Waals surface area contributed by atoms with Crippen molar-refractivity contribution in [3.8, 4) is 6.07 Å². The summed E-state index contributed by atoms with van der Waals surface area (Å²) >= 11 is 0. The number of nitriles is 1. The van der Waals surface area contributed by atoms with E-state index in [-0.39, 0.29) is 5.54 Å². The van der Waals surface area contributed by atoms with Gasteiger partial charge in [0.15, 0.2) is 0 Å². The number of aryl methyl sites for hydroxylation is 1. The molecule has 1 aliphatic rings. The smallest absolute Gasteiger partial charge is 0.0625 e. The van der Waals surface area contributed by atoms with Crippen molar-refractivity contribution in [3.05, 3.63) is 35.4 Å². The maximum absolute atomic E-state index is 8.83. The van der Waals surface area contributed by atoms with Gasteiger partial charge < -0.3 is 0 Å². The molecule has 1 aromatic carbocycles. The molecule has 0 saturated carbocycles. The van der Waals surface area contributed by atoms with Gasteiger partial charge in [0.25, 0.3) is 0 Å². The molecule has 1 fully saturated rings. The first kappa shape index (κ1) is 13.1. The monoisotopic (exact) mass is 242 g/mol. The van der Waals surface area contributed by atoms with Gasteiger partial charge in [0, 0.05) is 25.0 Å². The summed E-state index contributed by atoms with van der Waals surface area (Å²) < 4.78 is 0. The number of likely N-dealkylation sites (tertiary alicyclic amines) is 1. The van der Waals surface area contributed by atoms with Crippen LogP contribution >= 0.6 is 0 Å². The molecule has 1 unspecified atom stereocenters. The lowest BCUT2D eigenvalue weighted by Gasteiger charge is -2.31. The molecular formula is C16H22N2. The number of rotatable bonds is 3. The SMILES string of the molecule is Cc1ccc(CN2CC(CC#N)CC2(C)C)cc1. The van der Waals surface area contributed by atoms with Crippen molar-refractivity contribution in [1.82, 2.24) is 4.90 Å². The Labute approximate surface area is 110 Å². The Morgan fingerprint density at radius 1 is 1.33 bits per heavy atom. The largest absolute Gasteiger partial charge is 0.294 e. The molecule has 0 amide bonds. The summed E-state index contributed by atoms with van der Waals surface area (Å²) in [6.45, 7) is 8.74. The Hall–Kier alpha value is -1.33. The van der Waals surface area contributed by atoms with Gasteiger partial charge in [0.1, 0.15) is 0 Å². The number of nitrogens with zero attached hydrogens (tertiary/aromatic N) is 2. The quantitative estimate of drug-likeness (QED) is 0.811. The molecule has 0 bridgehead atoms. The zero-order valence-electron chi connectivity index (χ0n) is 11.6. The van der Waals surface area contributed by atoms with Crippen molar-refractivity contribution < 1.29 is 0 Å². The first-order chi connectivity index (χ1) is 8.51. The van der Waals surface area contributed by atoms with Crippen LogP contribution in [0.3, 0.4) is 0 Å². The molecule has 1 heterocycles. The molecule has 2 nitrogen and oxygen atoms in total. The Bertz CT molecular complexity index is 439. The molecule has 0 N–H and O–H groups in total. The molecule has 0 aliphatic carbocycles. The van der Waals surface area contributed by atoms with Gasteiger partial charge in [-0.15, -0.1) is 0 Å². The minimum Gasteiger partial charge on any atom is -0.294 e. The molecule has 1 saturated heterocycles. The average Bonchev–Trinajstić information content (AvgIpc) is 2.57. The number of benzene rings is 1. The predicted octanol–water partition coefficient (Wildman–Crippen LogP) is 3.51. The molecule has 1 atom stereocenters. The molecule has 2 rings (SSSR count). The highest BCUT2D eigenvalue weighted by molar-refractivity contribution is 5.21. The van der Waals surface area contributed by atoms with Crippen LogP contribution in [0.1, 0.15) is 37.8 Å². The van der Waals surface area contributed by atoms with E-state index >= 15 is 0 Å². The molecule has 0 radical (unpaired) electrons. The zero-order chi connectivity index (χ0) is 13.2. The van der Waals surface area contributed by atoms with Gasteiger partial charge >= 0.3 is 0 Å². The van der Waals surface area contributed by atoms with Crippen LogP contribution in [0.15, 0.2) is 24.3 Å². The van der Waals surface area contributed by atoms with Crippen LogP contribution in [-0.2, 0) is 6.54 Å². The van der Waals surface area contributed by atoms with Crippen LogP contribution in [0.25, 0.3) is 0 Å². The Morgan fingerprint density at radius 2 is 2.00 bits per heavy atom. The topological polar surface area (TPSA) is 27.0 Å². The highest BCUT2D eigenvalue weighted by Crippen LogP contribution is 2.35. The van der Waals surface area contributed by atoms with Gasteiger partial charge in [-0.2, -0.15) is 5.26 Å². The standard InChI is InChI=1S/C16H22N2/c1-13-4-6-14(7-5-13)11-18-12-15(8-9-17)10-16(18,2)3/h4-7,15H,8,10-12H2,1-3H3. The van der Waals surface area contributed by atoms with Crippen LogP contribution < -0.4 is 0 Å². The number of hydrogen-bond acceptors (Lipinski definition) is 2. The summed E-state index contributed by atoms with van der Waals surface area (Å²) in [6, 6.07) is 11.1. The summed E-state index contributed by atoms with van der Waals surface area (Å²) in [6.07, 6.45) is 1.82. The highest BCUT2D eigenvalue weighted by atomic mass is 15.2. The van der Waals surface area contributed by atoms with Gasteiger partial charge in [-0.1, -0.05) is 29.8 Å². The van der Waals surface area contributed by atoms with Crippen molar-refractivity contribution >= 4 is 0 Å². The molecular weight excluding hydrogens is 220 g/mol. The van der Waals surface area contributed by atoms with Crippen molar-refractivity contribution in [2.75, 3.05) is 6.54 Å². The lowest BCUT2D eigenvalue weighted by Crippen LogP contribution is -2.37. The lowest BCUT2D eigenvalue weighted by atomic mass is 9.95. The van der Waals surface area contributed by atoms with Crippen LogP contribution in [0.4, 0.5) is 0 Å². The minimum absolute atomic E-state index is 0.215. The summed E-state index contributed by atoms with van der Waals surface area (Å²) in [5, 5.41) is 8.83. The van der Waals surface area contributed by atoms with Crippen LogP contribution in [0.2, 0.25) is 0 Å². The van der Waals surface area contributed by atoms with Gasteiger partial charge in [-0.25, -0.2) is 0 Å². The van der Waals surface area contributed by atoms with E-state index in [0.29, 0.717) is 12.3 Å². The van der Waals surface area contributed by atoms with Crippen LogP contribution in [0, 0.1) is 24.2 Å². The van der Waals surface area contributed by atoms with Crippen molar-refractivity contribution in [2.45, 2.75) is 45.7 Å². The third kappa shape index (κ3) is 2.91. The predicted molar refractivity (Wildman–Crippen MR) is 74.0 cm³/mol. The third-order valence-corrected chi connectivity index (χ3v) is 4.00. The van der Waals surface area contributed by atoms with Gasteiger partial charge in [0.05, 0.1) is 6.07 Å². The normalized spacial score (nSPS) is 22.9. The van der Waals surface area contributed by atoms with Crippen LogP contribution in [-0.4, -0.2) is 17.0 Å². The molecule has 96 valence electrons. The van der Waals surface area contributed by atoms with E-state index in [1.165, 1.54) is 11.1 Å². The van der Waals surface area contributed by atoms with E-state index in [9.17, 15) is 0 Å². The fourth-order valence-corrected chi connectivity index (χ4v) is 2.92. The van der Waals surface area contributed by atoms with E-state index in [4.69, 9.17) is 5.26 Å². The van der Waals surface area contributed by atoms with E-state index in [1.807, 2.05) is 0 Å². The van der Waals surface area contributed by atoms with E-state index in [2.05, 4.69) is 56.0 Å². The summed E-state index contributed by atoms with van der Waals surface area (Å²) in [4.78, 5) is 2.51. The molecule has 0 spiro atoms. The molecule has 18 heavy (non-hydrogen) atoms. The second-order valence-electron chi connectivity index (χ2n) is 6.11. The van der Waals surface area contributed by atoms with Crippen molar-refractivity contribution in [3.63, 3.8) is 0 Å². The minimum atomic E-state index is 0.215. The Kier molecular flexibility index (Phi) is 3.73. The third-order valence-electron chi connectivity index (χ3n) is 4.00. The van der Waals surface area contributed by atoms with E-state index in [1.54, 1.807) is 0 Å². The van der Waals surface area contributed by atoms with Crippen molar-refractivity contribution in [1.29, 1.82) is 5.26 Å². The highest BCUT2D eigenvalue weighted by Gasteiger charge is 2.37. The molecule has 0 aromatic heterocycles. The van der Waals surface area contributed by atoms with Crippen LogP contribution in [0.5, 0.6) is 0 Å². The van der Waals surface area contributed by atoms with Gasteiger partial charge in [-0.05, 0) is 38.7 Å². The first-order valence-electron chi connectivity index (χ1n) is 6.69. The molecule has 1 aliphatic heterocycles. The first-order valence-corrected chi connectivity index (χ1v) is 6.69. The summed E-state index contributed by atoms with van der Waals surface area (Å²) in [7, 11) is 0. The maximum Gasteiger partial charge on any atom is 0.0625 e. The lowest BCUT2D eigenvalue weighted by molar-refractivity contribution is 0.166. The second-order valence-corrected chi connectivity index (χ2v) is 6.11.